The molecule has 0 aromatic rings. The van der Waals surface area contributed by atoms with Gasteiger partial charge in [0.2, 0.25) is 0 Å². The Kier molecular flexibility index (Phi) is 3.26. The maximum absolute atomic E-state index is 5.63. The van der Waals surface area contributed by atoms with E-state index in [1.54, 1.807) is 0 Å². The van der Waals surface area contributed by atoms with Gasteiger partial charge in [0.1, 0.15) is 0 Å². The predicted octanol–water partition coefficient (Wildman–Crippen LogP) is 1.87. The van der Waals surface area contributed by atoms with E-state index in [0.717, 1.165) is 12.1 Å². The first-order chi connectivity index (χ1) is 6.82. The average Bonchev–Trinajstić information content (AvgIpc) is 2.20. The van der Waals surface area contributed by atoms with Gasteiger partial charge in [0.15, 0.2) is 0 Å². The second kappa shape index (κ2) is 4.31. The molecule has 4 heteroatoms. The molecule has 82 valence electrons. The van der Waals surface area contributed by atoms with Crippen molar-refractivity contribution in [3.8, 4) is 0 Å². The highest BCUT2D eigenvalue weighted by atomic mass is 28.4. The molecule has 1 heterocycles. The monoisotopic (exact) mass is 215 g/mol. The maximum atomic E-state index is 5.63. The highest BCUT2D eigenvalue weighted by molar-refractivity contribution is 6.67. The minimum Gasteiger partial charge on any atom is -0.386 e. The lowest BCUT2D eigenvalue weighted by Gasteiger charge is -2.51. The van der Waals surface area contributed by atoms with E-state index >= 15 is 0 Å². The Morgan fingerprint density at radius 2 is 1.71 bits per heavy atom. The third-order valence-corrected chi connectivity index (χ3v) is 7.35. The topological polar surface area (TPSA) is 21.7 Å². The van der Waals surface area contributed by atoms with Crippen molar-refractivity contribution < 1.29 is 8.85 Å². The molecule has 1 saturated heterocycles. The first-order valence-electron chi connectivity index (χ1n) is 5.69. The molecule has 1 aliphatic heterocycles. The van der Waals surface area contributed by atoms with E-state index < -0.39 is 8.72 Å². The summed E-state index contributed by atoms with van der Waals surface area (Å²) in [7, 11) is 1.75. The van der Waals surface area contributed by atoms with Crippen LogP contribution in [-0.2, 0) is 8.85 Å². The quantitative estimate of drug-likeness (QED) is 0.671. The van der Waals surface area contributed by atoms with Crippen LogP contribution in [0.4, 0.5) is 0 Å². The van der Waals surface area contributed by atoms with E-state index in [1.807, 2.05) is 14.2 Å². The van der Waals surface area contributed by atoms with E-state index in [9.17, 15) is 0 Å². The van der Waals surface area contributed by atoms with Gasteiger partial charge in [-0.2, -0.15) is 0 Å². The molecular formula is C10H21NO2Si. The normalized spacial score (nSPS) is 28.7. The minimum absolute atomic E-state index is 0.754. The fourth-order valence-electron chi connectivity index (χ4n) is 2.80. The molecule has 2 aliphatic rings. The van der Waals surface area contributed by atoms with Crippen molar-refractivity contribution in [2.45, 2.75) is 44.2 Å². The predicted molar refractivity (Wildman–Crippen MR) is 58.2 cm³/mol. The van der Waals surface area contributed by atoms with Crippen molar-refractivity contribution in [2.24, 2.45) is 0 Å². The summed E-state index contributed by atoms with van der Waals surface area (Å²) in [6.45, 7) is 1.19. The minimum atomic E-state index is -1.87. The fraction of sp³-hybridized carbons (Fsp3) is 1.00. The Balaban J connectivity index is 1.96. The van der Waals surface area contributed by atoms with Gasteiger partial charge in [-0.25, -0.2) is 0 Å². The van der Waals surface area contributed by atoms with Gasteiger partial charge in [-0.05, 0) is 19.4 Å². The molecule has 0 bridgehead atoms. The third kappa shape index (κ3) is 1.64. The van der Waals surface area contributed by atoms with Crippen molar-refractivity contribution in [1.29, 1.82) is 0 Å². The standard InChI is InChI=1S/C10H21NO2Si/c1-12-14(13-2)9-8-11(14)10-6-4-3-5-7-10/h10H,3-9H2,1-2H3. The van der Waals surface area contributed by atoms with Gasteiger partial charge >= 0.3 is 8.72 Å². The Morgan fingerprint density at radius 1 is 1.07 bits per heavy atom. The molecule has 0 amide bonds. The van der Waals surface area contributed by atoms with E-state index in [-0.39, 0.29) is 0 Å². The van der Waals surface area contributed by atoms with Gasteiger partial charge < -0.3 is 8.85 Å². The van der Waals surface area contributed by atoms with Crippen molar-refractivity contribution >= 4 is 8.72 Å². The fourth-order valence-corrected chi connectivity index (χ4v) is 5.50. The van der Waals surface area contributed by atoms with Gasteiger partial charge in [-0.15, -0.1) is 0 Å². The van der Waals surface area contributed by atoms with E-state index in [1.165, 1.54) is 38.6 Å². The molecule has 0 atom stereocenters. The molecule has 0 aromatic carbocycles. The van der Waals surface area contributed by atoms with Crippen LogP contribution in [0.3, 0.4) is 0 Å². The van der Waals surface area contributed by atoms with Gasteiger partial charge in [0.05, 0.1) is 0 Å². The lowest BCUT2D eigenvalue weighted by molar-refractivity contribution is 0.0837. The zero-order valence-electron chi connectivity index (χ0n) is 9.29. The summed E-state index contributed by atoms with van der Waals surface area (Å²) in [5.74, 6) is 0. The van der Waals surface area contributed by atoms with E-state index in [4.69, 9.17) is 8.85 Å². The Hall–Kier alpha value is 0.0969. The van der Waals surface area contributed by atoms with Crippen molar-refractivity contribution in [2.75, 3.05) is 20.8 Å². The van der Waals surface area contributed by atoms with Crippen LogP contribution in [-0.4, -0.2) is 40.1 Å². The molecule has 0 spiro atoms. The highest BCUT2D eigenvalue weighted by Crippen LogP contribution is 2.35. The third-order valence-electron chi connectivity index (χ3n) is 3.76. The van der Waals surface area contributed by atoms with Crippen LogP contribution < -0.4 is 0 Å². The summed E-state index contributed by atoms with van der Waals surface area (Å²) >= 11 is 0. The number of hydrogen-bond donors (Lipinski definition) is 0. The van der Waals surface area contributed by atoms with Gasteiger partial charge in [0, 0.05) is 26.3 Å². The first-order valence-corrected chi connectivity index (χ1v) is 7.66. The van der Waals surface area contributed by atoms with Crippen LogP contribution in [0, 0.1) is 0 Å². The summed E-state index contributed by atoms with van der Waals surface area (Å²) in [6, 6.07) is 1.90. The van der Waals surface area contributed by atoms with Crippen LogP contribution in [0.25, 0.3) is 0 Å². The zero-order chi connectivity index (χ0) is 10.0. The summed E-state index contributed by atoms with van der Waals surface area (Å²) in [5, 5.41) is 0. The van der Waals surface area contributed by atoms with E-state index in [2.05, 4.69) is 4.57 Å². The molecule has 2 rings (SSSR count). The second-order valence-electron chi connectivity index (χ2n) is 4.36. The molecule has 1 saturated carbocycles. The molecule has 0 radical (unpaired) electrons. The van der Waals surface area contributed by atoms with Crippen LogP contribution in [0.15, 0.2) is 0 Å². The average molecular weight is 215 g/mol. The Bertz CT molecular complexity index is 185. The largest absolute Gasteiger partial charge is 0.428 e. The molecule has 0 unspecified atom stereocenters. The van der Waals surface area contributed by atoms with Gasteiger partial charge in [0.25, 0.3) is 0 Å². The van der Waals surface area contributed by atoms with Crippen molar-refractivity contribution in [3.63, 3.8) is 0 Å². The smallest absolute Gasteiger partial charge is 0.386 e. The summed E-state index contributed by atoms with van der Waals surface area (Å²) in [5.41, 5.74) is 0. The molecule has 0 aromatic heterocycles. The molecule has 0 N–H and O–H groups in total. The molecule has 2 fully saturated rings. The molecular weight excluding hydrogens is 194 g/mol. The number of nitrogens with zero attached hydrogens (tertiary/aromatic N) is 1. The number of rotatable bonds is 3. The summed E-state index contributed by atoms with van der Waals surface area (Å²) in [4.78, 5) is 0. The van der Waals surface area contributed by atoms with Crippen LogP contribution >= 0.6 is 0 Å². The van der Waals surface area contributed by atoms with Crippen LogP contribution in [0.1, 0.15) is 32.1 Å². The molecule has 1 aliphatic carbocycles. The Labute approximate surface area is 87.7 Å². The van der Waals surface area contributed by atoms with Crippen LogP contribution in [0.2, 0.25) is 6.04 Å². The second-order valence-corrected chi connectivity index (χ2v) is 7.67. The highest BCUT2D eigenvalue weighted by Gasteiger charge is 2.54. The SMILES string of the molecule is CO[Si]1(OC)CCN1C1CCCCC1. The van der Waals surface area contributed by atoms with Crippen molar-refractivity contribution in [3.05, 3.63) is 0 Å². The molecule has 14 heavy (non-hydrogen) atoms. The van der Waals surface area contributed by atoms with Crippen LogP contribution in [0.5, 0.6) is 0 Å². The summed E-state index contributed by atoms with van der Waals surface area (Å²) in [6.07, 6.45) is 6.89. The number of hydrogen-bond acceptors (Lipinski definition) is 3. The lowest BCUT2D eigenvalue weighted by Crippen LogP contribution is -2.70. The summed E-state index contributed by atoms with van der Waals surface area (Å²) < 4.78 is 13.8. The van der Waals surface area contributed by atoms with Gasteiger partial charge in [-0.1, -0.05) is 19.3 Å². The van der Waals surface area contributed by atoms with Gasteiger partial charge in [-0.3, -0.25) is 4.57 Å². The van der Waals surface area contributed by atoms with E-state index in [0.29, 0.717) is 0 Å². The lowest BCUT2D eigenvalue weighted by atomic mass is 9.95. The molecule has 3 nitrogen and oxygen atoms in total. The maximum Gasteiger partial charge on any atom is 0.428 e. The Morgan fingerprint density at radius 3 is 2.14 bits per heavy atom. The first kappa shape index (κ1) is 10.6. The zero-order valence-corrected chi connectivity index (χ0v) is 10.3. The van der Waals surface area contributed by atoms with Crippen molar-refractivity contribution in [1.82, 2.24) is 4.57 Å².